The number of hydrogen-bond donors (Lipinski definition) is 1. The fourth-order valence-corrected chi connectivity index (χ4v) is 2.91. The third-order valence-corrected chi connectivity index (χ3v) is 3.76. The Kier molecular flexibility index (Phi) is 3.35. The number of rotatable bonds is 2. The van der Waals surface area contributed by atoms with Crippen molar-refractivity contribution in [3.05, 3.63) is 35.5 Å². The minimum Gasteiger partial charge on any atom is -0.493 e. The molecular weight excluding hydrogens is 273 g/mol. The molecule has 1 N–H and O–H groups in total. The van der Waals surface area contributed by atoms with Gasteiger partial charge in [0.05, 0.1) is 30.2 Å². The van der Waals surface area contributed by atoms with E-state index in [1.165, 1.54) is 13.3 Å². The molecule has 0 bridgehead atoms. The van der Waals surface area contributed by atoms with E-state index in [-0.39, 0.29) is 11.1 Å². The van der Waals surface area contributed by atoms with E-state index in [0.717, 1.165) is 6.42 Å². The van der Waals surface area contributed by atoms with Crippen molar-refractivity contribution in [2.45, 2.75) is 25.5 Å². The second-order valence-electron chi connectivity index (χ2n) is 4.91. The van der Waals surface area contributed by atoms with Gasteiger partial charge in [-0.3, -0.25) is 0 Å². The van der Waals surface area contributed by atoms with Crippen LogP contribution in [0.1, 0.15) is 30.2 Å². The summed E-state index contributed by atoms with van der Waals surface area (Å²) in [5, 5.41) is 19.6. The molecule has 1 aliphatic rings. The summed E-state index contributed by atoms with van der Waals surface area (Å²) in [4.78, 5) is 3.65. The van der Waals surface area contributed by atoms with Gasteiger partial charge in [-0.25, -0.2) is 4.98 Å². The number of ether oxygens (including phenoxy) is 1. The van der Waals surface area contributed by atoms with Crippen LogP contribution >= 0.6 is 0 Å². The Morgan fingerprint density at radius 1 is 1.57 bits per heavy atom. The first-order chi connectivity index (χ1) is 10.2. The Hall–Kier alpha value is -2.39. The molecule has 3 rings (SSSR count). The van der Waals surface area contributed by atoms with E-state index in [9.17, 15) is 14.8 Å². The quantitative estimate of drug-likeness (QED) is 0.861. The molecule has 1 atom stereocenters. The Bertz CT molecular complexity index is 733. The monoisotopic (exact) mass is 287 g/mol. The first kappa shape index (κ1) is 13.6. The summed E-state index contributed by atoms with van der Waals surface area (Å²) in [6.07, 6.45) is 1.96. The lowest BCUT2D eigenvalue weighted by atomic mass is 10.0. The van der Waals surface area contributed by atoms with Gasteiger partial charge in [-0.1, -0.05) is 0 Å². The molecule has 1 unspecified atom stereocenters. The molecule has 108 valence electrons. The van der Waals surface area contributed by atoms with Crippen LogP contribution in [-0.4, -0.2) is 21.8 Å². The standard InChI is InChI=1S/C15H14FN3O2/c1-21-14-10(8-17)12-11(20)5-3-7-19(12)13(14)9-4-2-6-18-15(9)16/h2,4,6,11,20H,3,5,7H2,1H3. The van der Waals surface area contributed by atoms with Crippen LogP contribution in [0.25, 0.3) is 11.3 Å². The molecule has 0 saturated carbocycles. The molecule has 6 heteroatoms. The van der Waals surface area contributed by atoms with Crippen molar-refractivity contribution in [3.8, 4) is 23.1 Å². The highest BCUT2D eigenvalue weighted by atomic mass is 19.1. The first-order valence-corrected chi connectivity index (χ1v) is 6.68. The molecule has 0 fully saturated rings. The van der Waals surface area contributed by atoms with Crippen LogP contribution in [0, 0.1) is 17.3 Å². The van der Waals surface area contributed by atoms with Crippen LogP contribution in [0.15, 0.2) is 18.3 Å². The van der Waals surface area contributed by atoms with Gasteiger partial charge < -0.3 is 14.4 Å². The van der Waals surface area contributed by atoms with E-state index in [4.69, 9.17) is 4.74 Å². The van der Waals surface area contributed by atoms with Crippen LogP contribution in [0.3, 0.4) is 0 Å². The summed E-state index contributed by atoms with van der Waals surface area (Å²) in [5.74, 6) is -0.332. The average Bonchev–Trinajstić information content (AvgIpc) is 2.82. The minimum atomic E-state index is -0.740. The molecule has 0 aromatic carbocycles. The molecular formula is C15H14FN3O2. The molecule has 21 heavy (non-hydrogen) atoms. The lowest BCUT2D eigenvalue weighted by molar-refractivity contribution is 0.139. The molecule has 0 saturated heterocycles. The summed E-state index contributed by atoms with van der Waals surface area (Å²) in [5.41, 5.74) is 1.50. The Balaban J connectivity index is 2.36. The first-order valence-electron chi connectivity index (χ1n) is 6.68. The van der Waals surface area contributed by atoms with E-state index >= 15 is 0 Å². The van der Waals surface area contributed by atoms with Crippen molar-refractivity contribution in [2.24, 2.45) is 0 Å². The van der Waals surface area contributed by atoms with Crippen LogP contribution < -0.4 is 4.74 Å². The largest absolute Gasteiger partial charge is 0.493 e. The number of aliphatic hydroxyl groups is 1. The lowest BCUT2D eigenvalue weighted by Gasteiger charge is -2.22. The van der Waals surface area contributed by atoms with Crippen molar-refractivity contribution in [2.75, 3.05) is 7.11 Å². The molecule has 0 radical (unpaired) electrons. The van der Waals surface area contributed by atoms with E-state index in [2.05, 4.69) is 11.1 Å². The summed E-state index contributed by atoms with van der Waals surface area (Å²) in [6, 6.07) is 5.29. The highest BCUT2D eigenvalue weighted by molar-refractivity contribution is 5.74. The van der Waals surface area contributed by atoms with Gasteiger partial charge in [0, 0.05) is 12.7 Å². The normalized spacial score (nSPS) is 17.1. The summed E-state index contributed by atoms with van der Waals surface area (Å²) < 4.78 is 21.1. The van der Waals surface area contributed by atoms with Gasteiger partial charge in [0.2, 0.25) is 5.95 Å². The van der Waals surface area contributed by atoms with Crippen LogP contribution in [0.5, 0.6) is 5.75 Å². The number of halogens is 1. The molecule has 2 aromatic heterocycles. The predicted molar refractivity (Wildman–Crippen MR) is 73.1 cm³/mol. The van der Waals surface area contributed by atoms with E-state index < -0.39 is 12.1 Å². The zero-order valence-electron chi connectivity index (χ0n) is 11.5. The minimum absolute atomic E-state index is 0.267. The van der Waals surface area contributed by atoms with Crippen molar-refractivity contribution >= 4 is 0 Å². The lowest BCUT2D eigenvalue weighted by Crippen LogP contribution is -2.16. The van der Waals surface area contributed by atoms with Crippen molar-refractivity contribution in [1.82, 2.24) is 9.55 Å². The van der Waals surface area contributed by atoms with Gasteiger partial charge in [-0.05, 0) is 25.0 Å². The Labute approximate surface area is 121 Å². The van der Waals surface area contributed by atoms with Gasteiger partial charge >= 0.3 is 0 Å². The van der Waals surface area contributed by atoms with Crippen LogP contribution in [-0.2, 0) is 6.54 Å². The van der Waals surface area contributed by atoms with Gasteiger partial charge in [-0.2, -0.15) is 9.65 Å². The predicted octanol–water partition coefficient (Wildman–Crippen LogP) is 2.40. The zero-order valence-corrected chi connectivity index (χ0v) is 11.5. The highest BCUT2D eigenvalue weighted by Gasteiger charge is 2.32. The fourth-order valence-electron chi connectivity index (χ4n) is 2.91. The molecule has 0 aliphatic carbocycles. The van der Waals surface area contributed by atoms with E-state index in [0.29, 0.717) is 30.1 Å². The summed E-state index contributed by atoms with van der Waals surface area (Å²) in [7, 11) is 1.44. The molecule has 3 heterocycles. The number of aliphatic hydroxyl groups excluding tert-OH is 1. The molecule has 0 amide bonds. The topological polar surface area (TPSA) is 71.1 Å². The third kappa shape index (κ3) is 1.98. The maximum absolute atomic E-state index is 14.0. The smallest absolute Gasteiger partial charge is 0.222 e. The van der Waals surface area contributed by atoms with Gasteiger partial charge in [0.1, 0.15) is 11.6 Å². The van der Waals surface area contributed by atoms with Crippen molar-refractivity contribution in [3.63, 3.8) is 0 Å². The number of hydrogen-bond acceptors (Lipinski definition) is 4. The SMILES string of the molecule is COc1c(C#N)c2n(c1-c1cccnc1F)CCCC2O. The Morgan fingerprint density at radius 3 is 3.05 bits per heavy atom. The van der Waals surface area contributed by atoms with E-state index in [1.807, 2.05) is 0 Å². The number of nitrogens with zero attached hydrogens (tertiary/aromatic N) is 3. The average molecular weight is 287 g/mol. The van der Waals surface area contributed by atoms with E-state index in [1.54, 1.807) is 16.7 Å². The highest BCUT2D eigenvalue weighted by Crippen LogP contribution is 2.43. The molecule has 2 aromatic rings. The number of fused-ring (bicyclic) bond motifs is 1. The van der Waals surface area contributed by atoms with Crippen molar-refractivity contribution < 1.29 is 14.2 Å². The molecule has 1 aliphatic heterocycles. The maximum Gasteiger partial charge on any atom is 0.222 e. The van der Waals surface area contributed by atoms with Gasteiger partial charge in [0.15, 0.2) is 5.75 Å². The number of pyridine rings is 1. The number of methoxy groups -OCH3 is 1. The third-order valence-electron chi connectivity index (χ3n) is 3.76. The zero-order chi connectivity index (χ0) is 15.0. The fraction of sp³-hybridized carbons (Fsp3) is 0.333. The second-order valence-corrected chi connectivity index (χ2v) is 4.91. The molecule has 0 spiro atoms. The van der Waals surface area contributed by atoms with Gasteiger partial charge in [-0.15, -0.1) is 0 Å². The summed E-state index contributed by atoms with van der Waals surface area (Å²) >= 11 is 0. The number of aromatic nitrogens is 2. The van der Waals surface area contributed by atoms with Gasteiger partial charge in [0.25, 0.3) is 0 Å². The summed E-state index contributed by atoms with van der Waals surface area (Å²) in [6.45, 7) is 0.605. The molecule has 5 nitrogen and oxygen atoms in total. The number of nitriles is 1. The van der Waals surface area contributed by atoms with Crippen LogP contribution in [0.2, 0.25) is 0 Å². The second kappa shape index (κ2) is 5.19. The van der Waals surface area contributed by atoms with Crippen molar-refractivity contribution in [1.29, 1.82) is 5.26 Å². The Morgan fingerprint density at radius 2 is 2.38 bits per heavy atom. The van der Waals surface area contributed by atoms with Crippen LogP contribution in [0.4, 0.5) is 4.39 Å². The maximum atomic E-state index is 14.0.